The first kappa shape index (κ1) is 24.0. The molecule has 0 aliphatic rings. The van der Waals surface area contributed by atoms with Crippen molar-refractivity contribution in [2.75, 3.05) is 39.3 Å². The largest absolute Gasteiger partial charge is 0.492 e. The number of nitrogens with one attached hydrogen (secondary N) is 2. The summed E-state index contributed by atoms with van der Waals surface area (Å²) in [4.78, 5) is 6.96. The molecule has 0 saturated heterocycles. The first-order chi connectivity index (χ1) is 11.7. The molecule has 0 bridgehead atoms. The van der Waals surface area contributed by atoms with Gasteiger partial charge in [-0.3, -0.25) is 0 Å². The van der Waals surface area contributed by atoms with E-state index >= 15 is 0 Å². The molecule has 0 spiro atoms. The van der Waals surface area contributed by atoms with Crippen molar-refractivity contribution in [2.45, 2.75) is 40.7 Å². The van der Waals surface area contributed by atoms with Crippen molar-refractivity contribution >= 4 is 29.9 Å². The number of halogens is 1. The maximum absolute atomic E-state index is 5.81. The molecule has 0 aromatic heterocycles. The van der Waals surface area contributed by atoms with E-state index in [2.05, 4.69) is 60.4 Å². The third-order valence-corrected chi connectivity index (χ3v) is 3.80. The van der Waals surface area contributed by atoms with Crippen LogP contribution in [0.5, 0.6) is 5.75 Å². The molecule has 6 heteroatoms. The average molecular weight is 462 g/mol. The molecule has 0 heterocycles. The average Bonchev–Trinajstić information content (AvgIpc) is 2.62. The van der Waals surface area contributed by atoms with Gasteiger partial charge >= 0.3 is 0 Å². The van der Waals surface area contributed by atoms with Gasteiger partial charge in [-0.2, -0.15) is 0 Å². The lowest BCUT2D eigenvalue weighted by molar-refractivity contribution is 0.223. The molecule has 2 N–H and O–H groups in total. The fraction of sp³-hybridized carbons (Fsp3) is 0.632. The van der Waals surface area contributed by atoms with Crippen LogP contribution in [0.25, 0.3) is 0 Å². The zero-order valence-electron chi connectivity index (χ0n) is 16.2. The van der Waals surface area contributed by atoms with Gasteiger partial charge in [0, 0.05) is 19.6 Å². The summed E-state index contributed by atoms with van der Waals surface area (Å²) in [5.41, 5.74) is 1.18. The van der Waals surface area contributed by atoms with Crippen LogP contribution < -0.4 is 15.4 Å². The van der Waals surface area contributed by atoms with Gasteiger partial charge in [-0.1, -0.05) is 32.9 Å². The highest BCUT2D eigenvalue weighted by molar-refractivity contribution is 14.0. The Balaban J connectivity index is 0.00000576. The Hall–Kier alpha value is -1.02. The van der Waals surface area contributed by atoms with Crippen LogP contribution in [0.4, 0.5) is 0 Å². The van der Waals surface area contributed by atoms with E-state index in [-0.39, 0.29) is 24.0 Å². The number of nitrogens with zero attached hydrogens (tertiary/aromatic N) is 2. The minimum absolute atomic E-state index is 0. The number of hydrogen-bond donors (Lipinski definition) is 2. The zero-order chi connectivity index (χ0) is 17.6. The molecule has 5 nitrogen and oxygen atoms in total. The summed E-state index contributed by atoms with van der Waals surface area (Å²) in [5, 5.41) is 6.57. The van der Waals surface area contributed by atoms with E-state index in [0.29, 0.717) is 6.54 Å². The number of guanidine groups is 1. The van der Waals surface area contributed by atoms with Gasteiger partial charge in [-0.05, 0) is 44.1 Å². The highest BCUT2D eigenvalue weighted by Gasteiger charge is 2.01. The van der Waals surface area contributed by atoms with Crippen LogP contribution in [0.15, 0.2) is 29.3 Å². The molecule has 144 valence electrons. The van der Waals surface area contributed by atoms with E-state index in [0.717, 1.165) is 57.5 Å². The Kier molecular flexibility index (Phi) is 14.6. The number of ether oxygens (including phenoxy) is 1. The first-order valence-electron chi connectivity index (χ1n) is 9.19. The summed E-state index contributed by atoms with van der Waals surface area (Å²) in [7, 11) is 0. The van der Waals surface area contributed by atoms with Crippen LogP contribution in [0, 0.1) is 0 Å². The van der Waals surface area contributed by atoms with Crippen LogP contribution in [0.2, 0.25) is 0 Å². The third kappa shape index (κ3) is 10.5. The van der Waals surface area contributed by atoms with Gasteiger partial charge in [0.2, 0.25) is 0 Å². The van der Waals surface area contributed by atoms with Gasteiger partial charge in [0.1, 0.15) is 12.4 Å². The predicted molar refractivity (Wildman–Crippen MR) is 118 cm³/mol. The highest BCUT2D eigenvalue weighted by Crippen LogP contribution is 2.13. The second-order valence-corrected chi connectivity index (χ2v) is 5.64. The fourth-order valence-electron chi connectivity index (χ4n) is 2.28. The van der Waals surface area contributed by atoms with Crippen LogP contribution in [0.1, 0.15) is 39.7 Å². The molecule has 0 aliphatic carbocycles. The zero-order valence-corrected chi connectivity index (χ0v) is 18.5. The van der Waals surface area contributed by atoms with Crippen molar-refractivity contribution in [3.8, 4) is 5.75 Å². The number of rotatable bonds is 11. The van der Waals surface area contributed by atoms with Crippen molar-refractivity contribution in [2.24, 2.45) is 4.99 Å². The smallest absolute Gasteiger partial charge is 0.191 e. The molecule has 0 amide bonds. The van der Waals surface area contributed by atoms with Crippen molar-refractivity contribution in [3.63, 3.8) is 0 Å². The van der Waals surface area contributed by atoms with E-state index in [9.17, 15) is 0 Å². The monoisotopic (exact) mass is 462 g/mol. The second-order valence-electron chi connectivity index (χ2n) is 5.64. The normalized spacial score (nSPS) is 11.2. The van der Waals surface area contributed by atoms with Crippen molar-refractivity contribution in [1.82, 2.24) is 15.5 Å². The molecule has 1 aromatic carbocycles. The number of aliphatic imine (C=N–C) groups is 1. The van der Waals surface area contributed by atoms with Crippen LogP contribution in [-0.2, 0) is 6.54 Å². The summed E-state index contributed by atoms with van der Waals surface area (Å²) >= 11 is 0. The SMILES string of the molecule is CCCNC(=NCc1ccc(OCCN(CC)CC)cc1)NCC.I. The van der Waals surface area contributed by atoms with Crippen LogP contribution in [0.3, 0.4) is 0 Å². The Bertz CT molecular complexity index is 461. The van der Waals surface area contributed by atoms with Gasteiger partial charge < -0.3 is 20.3 Å². The molecule has 0 radical (unpaired) electrons. The van der Waals surface area contributed by atoms with Crippen LogP contribution >= 0.6 is 24.0 Å². The Morgan fingerprint density at radius 1 is 1.04 bits per heavy atom. The Labute approximate surface area is 170 Å². The Morgan fingerprint density at radius 2 is 1.72 bits per heavy atom. The molecule has 0 atom stereocenters. The summed E-state index contributed by atoms with van der Waals surface area (Å²) in [6.45, 7) is 14.9. The maximum atomic E-state index is 5.81. The molecule has 1 rings (SSSR count). The summed E-state index contributed by atoms with van der Waals surface area (Å²) in [6, 6.07) is 8.22. The number of likely N-dealkylation sites (N-methyl/N-ethyl adjacent to an activating group) is 1. The molecule has 0 fully saturated rings. The van der Waals surface area contributed by atoms with Crippen LogP contribution in [-0.4, -0.2) is 50.2 Å². The molecule has 0 saturated carbocycles. The van der Waals surface area contributed by atoms with E-state index in [4.69, 9.17) is 4.74 Å². The van der Waals surface area contributed by atoms with Gasteiger partial charge in [0.05, 0.1) is 6.54 Å². The van der Waals surface area contributed by atoms with Gasteiger partial charge in [-0.25, -0.2) is 4.99 Å². The van der Waals surface area contributed by atoms with Crippen molar-refractivity contribution in [1.29, 1.82) is 0 Å². The lowest BCUT2D eigenvalue weighted by atomic mass is 10.2. The standard InChI is InChI=1S/C19H34N4O.HI/c1-5-13-21-19(20-6-2)22-16-17-9-11-18(12-10-17)24-15-14-23(7-3)8-4;/h9-12H,5-8,13-16H2,1-4H3,(H2,20,21,22);1H. The molecular weight excluding hydrogens is 427 g/mol. The van der Waals surface area contributed by atoms with E-state index in [1.807, 2.05) is 12.1 Å². The van der Waals surface area contributed by atoms with Crippen molar-refractivity contribution < 1.29 is 4.74 Å². The van der Waals surface area contributed by atoms with Crippen molar-refractivity contribution in [3.05, 3.63) is 29.8 Å². The maximum Gasteiger partial charge on any atom is 0.191 e. The third-order valence-electron chi connectivity index (χ3n) is 3.80. The van der Waals surface area contributed by atoms with E-state index in [1.54, 1.807) is 0 Å². The Morgan fingerprint density at radius 3 is 2.28 bits per heavy atom. The molecule has 0 aliphatic heterocycles. The predicted octanol–water partition coefficient (Wildman–Crippen LogP) is 3.49. The number of hydrogen-bond acceptors (Lipinski definition) is 3. The minimum atomic E-state index is 0. The summed E-state index contributed by atoms with van der Waals surface area (Å²) in [6.07, 6.45) is 1.09. The van der Waals surface area contributed by atoms with E-state index in [1.165, 1.54) is 5.56 Å². The van der Waals surface area contributed by atoms with Gasteiger partial charge in [-0.15, -0.1) is 24.0 Å². The van der Waals surface area contributed by atoms with E-state index < -0.39 is 0 Å². The lowest BCUT2D eigenvalue weighted by Gasteiger charge is -2.18. The fourth-order valence-corrected chi connectivity index (χ4v) is 2.28. The first-order valence-corrected chi connectivity index (χ1v) is 9.19. The highest BCUT2D eigenvalue weighted by atomic mass is 127. The second kappa shape index (κ2) is 15.3. The minimum Gasteiger partial charge on any atom is -0.492 e. The summed E-state index contributed by atoms with van der Waals surface area (Å²) < 4.78 is 5.81. The number of benzene rings is 1. The topological polar surface area (TPSA) is 48.9 Å². The van der Waals surface area contributed by atoms with Gasteiger partial charge in [0.15, 0.2) is 5.96 Å². The summed E-state index contributed by atoms with van der Waals surface area (Å²) in [5.74, 6) is 1.80. The molecular formula is C19H35IN4O. The lowest BCUT2D eigenvalue weighted by Crippen LogP contribution is -2.37. The quantitative estimate of drug-likeness (QED) is 0.300. The van der Waals surface area contributed by atoms with Gasteiger partial charge in [0.25, 0.3) is 0 Å². The molecule has 0 unspecified atom stereocenters. The molecule has 1 aromatic rings. The molecule has 25 heavy (non-hydrogen) atoms.